The smallest absolute Gasteiger partial charge is 0.417 e. The van der Waals surface area contributed by atoms with Crippen molar-refractivity contribution in [1.82, 2.24) is 0 Å². The summed E-state index contributed by atoms with van der Waals surface area (Å²) in [5.41, 5.74) is -0.727. The molecule has 0 aliphatic heterocycles. The summed E-state index contributed by atoms with van der Waals surface area (Å²) in [4.78, 5) is 12.0. The molecule has 0 aliphatic rings. The highest BCUT2D eigenvalue weighted by atomic mass is 32.2. The van der Waals surface area contributed by atoms with E-state index in [1.165, 1.54) is 6.07 Å². The molecule has 0 fully saturated rings. The summed E-state index contributed by atoms with van der Waals surface area (Å²) in [6.45, 7) is 2.02. The van der Waals surface area contributed by atoms with E-state index in [2.05, 4.69) is 0 Å². The summed E-state index contributed by atoms with van der Waals surface area (Å²) in [7, 11) is 0. The lowest BCUT2D eigenvalue weighted by atomic mass is 10.1. The van der Waals surface area contributed by atoms with Gasteiger partial charge in [0.25, 0.3) is 0 Å². The third-order valence-corrected chi connectivity index (χ3v) is 4.09. The number of hydrogen-bond donors (Lipinski definition) is 1. The number of rotatable bonds is 4. The van der Waals surface area contributed by atoms with Crippen LogP contribution in [0.4, 0.5) is 13.2 Å². The molecular formula is C16H13F3O2S. The minimum Gasteiger partial charge on any atom is -0.478 e. The van der Waals surface area contributed by atoms with Gasteiger partial charge in [0, 0.05) is 9.79 Å². The van der Waals surface area contributed by atoms with Crippen molar-refractivity contribution in [3.8, 4) is 0 Å². The highest BCUT2D eigenvalue weighted by Crippen LogP contribution is 2.36. The summed E-state index contributed by atoms with van der Waals surface area (Å²) < 4.78 is 38.9. The molecular weight excluding hydrogens is 313 g/mol. The maximum atomic E-state index is 13.0. The Morgan fingerprint density at radius 2 is 1.68 bits per heavy atom. The largest absolute Gasteiger partial charge is 0.478 e. The second-order valence-corrected chi connectivity index (χ2v) is 5.76. The first-order valence-electron chi connectivity index (χ1n) is 6.52. The van der Waals surface area contributed by atoms with E-state index >= 15 is 0 Å². The molecule has 2 nitrogen and oxygen atoms in total. The topological polar surface area (TPSA) is 37.3 Å². The van der Waals surface area contributed by atoms with Crippen molar-refractivity contribution in [3.63, 3.8) is 0 Å². The van der Waals surface area contributed by atoms with Crippen molar-refractivity contribution in [2.24, 2.45) is 0 Å². The number of carboxylic acid groups (broad SMARTS) is 1. The van der Waals surface area contributed by atoms with Crippen LogP contribution in [0.2, 0.25) is 0 Å². The van der Waals surface area contributed by atoms with E-state index in [9.17, 15) is 18.0 Å². The van der Waals surface area contributed by atoms with Crippen LogP contribution in [0.15, 0.2) is 52.3 Å². The maximum Gasteiger partial charge on any atom is 0.417 e. The molecule has 2 aromatic rings. The van der Waals surface area contributed by atoms with E-state index in [-0.39, 0.29) is 0 Å². The summed E-state index contributed by atoms with van der Waals surface area (Å²) in [6, 6.07) is 10.8. The number of carbonyl (C=O) groups is 1. The molecule has 2 aromatic carbocycles. The Morgan fingerprint density at radius 3 is 2.18 bits per heavy atom. The minimum absolute atomic E-state index is 0.349. The highest BCUT2D eigenvalue weighted by molar-refractivity contribution is 7.99. The highest BCUT2D eigenvalue weighted by Gasteiger charge is 2.35. The van der Waals surface area contributed by atoms with Gasteiger partial charge in [0.05, 0.1) is 11.1 Å². The number of hydrogen-bond acceptors (Lipinski definition) is 2. The summed E-state index contributed by atoms with van der Waals surface area (Å²) in [5, 5.41) is 8.86. The van der Waals surface area contributed by atoms with Crippen LogP contribution in [0.5, 0.6) is 0 Å². The number of halogens is 3. The molecule has 0 saturated carbocycles. The molecule has 0 unspecified atom stereocenters. The number of alkyl halides is 3. The summed E-state index contributed by atoms with van der Waals surface area (Å²) >= 11 is 1.16. The Balaban J connectivity index is 2.33. The van der Waals surface area contributed by atoms with Crippen LogP contribution in [0.1, 0.15) is 28.4 Å². The first kappa shape index (κ1) is 16.4. The fraction of sp³-hybridized carbons (Fsp3) is 0.188. The first-order valence-corrected chi connectivity index (χ1v) is 7.34. The molecule has 0 spiro atoms. The fourth-order valence-corrected chi connectivity index (χ4v) is 2.79. The third-order valence-electron chi connectivity index (χ3n) is 3.09. The zero-order valence-corrected chi connectivity index (χ0v) is 12.5. The number of carboxylic acids is 1. The van der Waals surface area contributed by atoms with Crippen molar-refractivity contribution in [2.75, 3.05) is 0 Å². The number of benzene rings is 2. The predicted octanol–water partition coefficient (Wildman–Crippen LogP) is 5.12. The summed E-state index contributed by atoms with van der Waals surface area (Å²) in [5.74, 6) is -1.59. The maximum absolute atomic E-state index is 13.0. The lowest BCUT2D eigenvalue weighted by Gasteiger charge is -2.12. The quantitative estimate of drug-likeness (QED) is 0.847. The van der Waals surface area contributed by atoms with Gasteiger partial charge in [-0.1, -0.05) is 30.8 Å². The lowest BCUT2D eigenvalue weighted by Crippen LogP contribution is -2.12. The second-order valence-electron chi connectivity index (χ2n) is 4.61. The molecule has 0 saturated heterocycles. The van der Waals surface area contributed by atoms with Crippen molar-refractivity contribution in [3.05, 3.63) is 59.2 Å². The number of aryl methyl sites for hydroxylation is 1. The predicted molar refractivity (Wildman–Crippen MR) is 78.3 cm³/mol. The number of aromatic carboxylic acids is 1. The van der Waals surface area contributed by atoms with Gasteiger partial charge in [-0.05, 0) is 42.3 Å². The van der Waals surface area contributed by atoms with E-state index < -0.39 is 23.3 Å². The Labute approximate surface area is 130 Å². The summed E-state index contributed by atoms with van der Waals surface area (Å²) in [6.07, 6.45) is -3.81. The molecule has 0 heterocycles. The molecule has 0 aliphatic carbocycles. The van der Waals surface area contributed by atoms with E-state index in [0.717, 1.165) is 40.8 Å². The van der Waals surface area contributed by atoms with Crippen LogP contribution < -0.4 is 0 Å². The van der Waals surface area contributed by atoms with Gasteiger partial charge in [-0.25, -0.2) is 4.79 Å². The van der Waals surface area contributed by atoms with Crippen molar-refractivity contribution >= 4 is 17.7 Å². The van der Waals surface area contributed by atoms with Gasteiger partial charge in [0.2, 0.25) is 0 Å². The molecule has 116 valence electrons. The average molecular weight is 326 g/mol. The normalized spacial score (nSPS) is 11.5. The fourth-order valence-electron chi connectivity index (χ4n) is 1.94. The van der Waals surface area contributed by atoms with Gasteiger partial charge >= 0.3 is 12.1 Å². The average Bonchev–Trinajstić information content (AvgIpc) is 2.47. The van der Waals surface area contributed by atoms with Crippen LogP contribution in [-0.4, -0.2) is 11.1 Å². The van der Waals surface area contributed by atoms with Crippen molar-refractivity contribution in [1.29, 1.82) is 0 Å². The zero-order valence-electron chi connectivity index (χ0n) is 11.6. The van der Waals surface area contributed by atoms with Gasteiger partial charge in [-0.15, -0.1) is 0 Å². The molecule has 0 amide bonds. The molecule has 2 rings (SSSR count). The molecule has 0 radical (unpaired) electrons. The van der Waals surface area contributed by atoms with Gasteiger partial charge in [0.15, 0.2) is 0 Å². The zero-order chi connectivity index (χ0) is 16.3. The van der Waals surface area contributed by atoms with Crippen molar-refractivity contribution < 1.29 is 23.1 Å². The van der Waals surface area contributed by atoms with Crippen LogP contribution in [0.25, 0.3) is 0 Å². The van der Waals surface area contributed by atoms with Gasteiger partial charge in [-0.2, -0.15) is 13.2 Å². The van der Waals surface area contributed by atoms with Crippen LogP contribution in [-0.2, 0) is 12.6 Å². The van der Waals surface area contributed by atoms with E-state index in [0.29, 0.717) is 4.90 Å². The minimum atomic E-state index is -4.70. The Bertz CT molecular complexity index is 679. The monoisotopic (exact) mass is 326 g/mol. The molecule has 0 bridgehead atoms. The van der Waals surface area contributed by atoms with E-state index in [1.54, 1.807) is 0 Å². The molecule has 0 atom stereocenters. The van der Waals surface area contributed by atoms with E-state index in [4.69, 9.17) is 5.11 Å². The Morgan fingerprint density at radius 1 is 1.09 bits per heavy atom. The van der Waals surface area contributed by atoms with Gasteiger partial charge in [0.1, 0.15) is 0 Å². The van der Waals surface area contributed by atoms with Gasteiger partial charge < -0.3 is 5.11 Å². The SMILES string of the molecule is CCc1ccc(Sc2ccc(C(=O)O)c(C(F)(F)F)c2)cc1. The lowest BCUT2D eigenvalue weighted by molar-refractivity contribution is -0.138. The Hall–Kier alpha value is -1.95. The Kier molecular flexibility index (Phi) is 4.81. The van der Waals surface area contributed by atoms with Crippen LogP contribution in [0, 0.1) is 0 Å². The molecule has 22 heavy (non-hydrogen) atoms. The molecule has 6 heteroatoms. The van der Waals surface area contributed by atoms with Gasteiger partial charge in [-0.3, -0.25) is 0 Å². The van der Waals surface area contributed by atoms with Crippen molar-refractivity contribution in [2.45, 2.75) is 29.3 Å². The second kappa shape index (κ2) is 6.44. The molecule has 1 N–H and O–H groups in total. The standard InChI is InChI=1S/C16H13F3O2S/c1-2-10-3-5-11(6-4-10)22-12-7-8-13(15(20)21)14(9-12)16(17,18)19/h3-9H,2H2,1H3,(H,20,21). The van der Waals surface area contributed by atoms with Crippen LogP contribution >= 0.6 is 11.8 Å². The van der Waals surface area contributed by atoms with E-state index in [1.807, 2.05) is 31.2 Å². The third kappa shape index (κ3) is 3.82. The van der Waals surface area contributed by atoms with Crippen LogP contribution in [0.3, 0.4) is 0 Å². The first-order chi connectivity index (χ1) is 10.3. The molecule has 0 aromatic heterocycles.